The summed E-state index contributed by atoms with van der Waals surface area (Å²) >= 11 is 0. The van der Waals surface area contributed by atoms with Crippen molar-refractivity contribution in [3.63, 3.8) is 0 Å². The molecule has 1 aromatic heterocycles. The van der Waals surface area contributed by atoms with Gasteiger partial charge in [0.1, 0.15) is 0 Å². The van der Waals surface area contributed by atoms with Crippen LogP contribution in [0.25, 0.3) is 10.9 Å². The van der Waals surface area contributed by atoms with Gasteiger partial charge in [-0.05, 0) is 24.1 Å². The van der Waals surface area contributed by atoms with Gasteiger partial charge in [0.25, 0.3) is 5.56 Å². The lowest BCUT2D eigenvalue weighted by Gasteiger charge is -2.13. The molecule has 0 bridgehead atoms. The van der Waals surface area contributed by atoms with Crippen molar-refractivity contribution in [1.82, 2.24) is 4.68 Å². The van der Waals surface area contributed by atoms with Gasteiger partial charge in [0.15, 0.2) is 0 Å². The number of benzene rings is 1. The van der Waals surface area contributed by atoms with Gasteiger partial charge in [0, 0.05) is 11.5 Å². The highest BCUT2D eigenvalue weighted by molar-refractivity contribution is 5.84. The van der Waals surface area contributed by atoms with Crippen LogP contribution in [-0.2, 0) is 12.6 Å². The van der Waals surface area contributed by atoms with E-state index in [1.54, 1.807) is 12.1 Å². The van der Waals surface area contributed by atoms with Crippen molar-refractivity contribution in [2.75, 3.05) is 5.84 Å². The van der Waals surface area contributed by atoms with Crippen LogP contribution >= 0.6 is 0 Å². The quantitative estimate of drug-likeness (QED) is 0.672. The van der Waals surface area contributed by atoms with E-state index in [9.17, 15) is 18.0 Å². The molecule has 1 heterocycles. The molecule has 3 nitrogen and oxygen atoms in total. The number of rotatable bonds is 2. The first kappa shape index (κ1) is 13.2. The van der Waals surface area contributed by atoms with Gasteiger partial charge in [0.05, 0.1) is 11.1 Å². The maximum atomic E-state index is 12.9. The summed E-state index contributed by atoms with van der Waals surface area (Å²) in [6.07, 6.45) is -2.57. The Morgan fingerprint density at radius 2 is 2.00 bits per heavy atom. The first-order valence-electron chi connectivity index (χ1n) is 5.46. The fraction of sp³-hybridized carbons (Fsp3) is 0.154. The number of nitrogens with two attached hydrogens (primary N) is 1. The lowest BCUT2D eigenvalue weighted by Crippen LogP contribution is -2.28. The number of nitrogen functional groups attached to an aromatic ring is 1. The molecule has 1 aromatic carbocycles. The van der Waals surface area contributed by atoms with Crippen molar-refractivity contribution < 1.29 is 13.2 Å². The summed E-state index contributed by atoms with van der Waals surface area (Å²) in [5.41, 5.74) is -1.14. The Bertz CT molecular complexity index is 701. The summed E-state index contributed by atoms with van der Waals surface area (Å²) in [7, 11) is 0. The fourth-order valence-electron chi connectivity index (χ4n) is 1.93. The SMILES string of the molecule is C=CCc1ccc2c(c1)c(C(F)(F)F)cc(=O)n2N. The molecule has 0 spiro atoms. The second-order valence-corrected chi connectivity index (χ2v) is 4.11. The molecule has 0 amide bonds. The van der Waals surface area contributed by atoms with Gasteiger partial charge in [-0.15, -0.1) is 6.58 Å². The van der Waals surface area contributed by atoms with Crippen LogP contribution < -0.4 is 11.4 Å². The highest BCUT2D eigenvalue weighted by atomic mass is 19.4. The topological polar surface area (TPSA) is 48.0 Å². The van der Waals surface area contributed by atoms with Crippen LogP contribution in [0.15, 0.2) is 41.7 Å². The van der Waals surface area contributed by atoms with E-state index >= 15 is 0 Å². The zero-order valence-corrected chi connectivity index (χ0v) is 9.87. The molecule has 0 atom stereocenters. The molecule has 0 aliphatic rings. The number of nitrogens with zero attached hydrogens (tertiary/aromatic N) is 1. The molecule has 2 rings (SSSR count). The molecule has 0 fully saturated rings. The molecule has 19 heavy (non-hydrogen) atoms. The number of allylic oxidation sites excluding steroid dienone is 1. The van der Waals surface area contributed by atoms with Gasteiger partial charge in [0.2, 0.25) is 0 Å². The molecular formula is C13H11F3N2O. The molecule has 2 N–H and O–H groups in total. The van der Waals surface area contributed by atoms with Crippen LogP contribution in [0.5, 0.6) is 0 Å². The standard InChI is InChI=1S/C13H11F3N2O/c1-2-3-8-4-5-11-9(6-8)10(13(14,15)16)7-12(19)18(11)17/h2,4-7H,1,3,17H2. The lowest BCUT2D eigenvalue weighted by molar-refractivity contribution is -0.136. The molecule has 0 radical (unpaired) electrons. The highest BCUT2D eigenvalue weighted by Crippen LogP contribution is 2.33. The minimum Gasteiger partial charge on any atom is -0.336 e. The molecule has 6 heteroatoms. The molecular weight excluding hydrogens is 257 g/mol. The van der Waals surface area contributed by atoms with Crippen LogP contribution in [0, 0.1) is 0 Å². The molecule has 0 saturated carbocycles. The number of fused-ring (bicyclic) bond motifs is 1. The van der Waals surface area contributed by atoms with Crippen LogP contribution in [-0.4, -0.2) is 4.68 Å². The number of alkyl halides is 3. The minimum absolute atomic E-state index is 0.0487. The van der Waals surface area contributed by atoms with Gasteiger partial charge in [-0.1, -0.05) is 12.1 Å². The zero-order valence-electron chi connectivity index (χ0n) is 9.87. The van der Waals surface area contributed by atoms with Gasteiger partial charge >= 0.3 is 6.18 Å². The van der Waals surface area contributed by atoms with Crippen LogP contribution in [0.3, 0.4) is 0 Å². The van der Waals surface area contributed by atoms with Crippen molar-refractivity contribution in [3.8, 4) is 0 Å². The number of pyridine rings is 1. The Morgan fingerprint density at radius 1 is 1.32 bits per heavy atom. The van der Waals surface area contributed by atoms with Crippen molar-refractivity contribution in [3.05, 3.63) is 58.4 Å². The predicted octanol–water partition coefficient (Wildman–Crippen LogP) is 2.46. The van der Waals surface area contributed by atoms with Gasteiger partial charge in [-0.3, -0.25) is 4.79 Å². The summed E-state index contributed by atoms with van der Waals surface area (Å²) in [6, 6.07) is 4.92. The van der Waals surface area contributed by atoms with Crippen molar-refractivity contribution in [2.45, 2.75) is 12.6 Å². The zero-order chi connectivity index (χ0) is 14.2. The summed E-state index contributed by atoms with van der Waals surface area (Å²) in [5.74, 6) is 5.47. The fourth-order valence-corrected chi connectivity index (χ4v) is 1.93. The third kappa shape index (κ3) is 2.33. The Morgan fingerprint density at radius 3 is 2.58 bits per heavy atom. The summed E-state index contributed by atoms with van der Waals surface area (Å²) in [4.78, 5) is 11.4. The Labute approximate surface area is 106 Å². The predicted molar refractivity (Wildman–Crippen MR) is 67.3 cm³/mol. The van der Waals surface area contributed by atoms with Gasteiger partial charge in [-0.25, -0.2) is 4.68 Å². The van der Waals surface area contributed by atoms with E-state index in [1.807, 2.05) is 0 Å². The van der Waals surface area contributed by atoms with Crippen LogP contribution in [0.2, 0.25) is 0 Å². The van der Waals surface area contributed by atoms with Gasteiger partial charge < -0.3 is 5.84 Å². The van der Waals surface area contributed by atoms with Gasteiger partial charge in [-0.2, -0.15) is 13.2 Å². The lowest BCUT2D eigenvalue weighted by atomic mass is 10.0. The van der Waals surface area contributed by atoms with E-state index in [-0.39, 0.29) is 10.9 Å². The molecule has 0 aliphatic carbocycles. The number of hydrogen-bond acceptors (Lipinski definition) is 2. The Hall–Kier alpha value is -2.24. The molecule has 0 saturated heterocycles. The van der Waals surface area contributed by atoms with Crippen LogP contribution in [0.4, 0.5) is 13.2 Å². The number of hydrogen-bond donors (Lipinski definition) is 1. The van der Waals surface area contributed by atoms with Crippen molar-refractivity contribution in [1.29, 1.82) is 0 Å². The Kier molecular flexibility index (Phi) is 3.09. The highest BCUT2D eigenvalue weighted by Gasteiger charge is 2.33. The smallest absolute Gasteiger partial charge is 0.336 e. The normalized spacial score (nSPS) is 11.7. The first-order chi connectivity index (χ1) is 8.84. The molecule has 2 aromatic rings. The number of aromatic nitrogens is 1. The van der Waals surface area contributed by atoms with E-state index < -0.39 is 17.3 Å². The Balaban J connectivity index is 2.86. The maximum absolute atomic E-state index is 12.9. The van der Waals surface area contributed by atoms with Crippen molar-refractivity contribution >= 4 is 10.9 Å². The van der Waals surface area contributed by atoms with E-state index in [0.29, 0.717) is 22.7 Å². The summed E-state index contributed by atoms with van der Waals surface area (Å²) in [5, 5.41) is -0.0889. The largest absolute Gasteiger partial charge is 0.417 e. The van der Waals surface area contributed by atoms with E-state index in [2.05, 4.69) is 6.58 Å². The number of halogens is 3. The van der Waals surface area contributed by atoms with E-state index in [0.717, 1.165) is 0 Å². The third-order valence-electron chi connectivity index (χ3n) is 2.80. The summed E-state index contributed by atoms with van der Waals surface area (Å²) < 4.78 is 39.5. The van der Waals surface area contributed by atoms with E-state index in [1.165, 1.54) is 12.1 Å². The monoisotopic (exact) mass is 268 g/mol. The second-order valence-electron chi connectivity index (χ2n) is 4.11. The van der Waals surface area contributed by atoms with Crippen LogP contribution in [0.1, 0.15) is 11.1 Å². The maximum Gasteiger partial charge on any atom is 0.417 e. The average molecular weight is 268 g/mol. The minimum atomic E-state index is -4.60. The molecule has 0 unspecified atom stereocenters. The molecule has 0 aliphatic heterocycles. The average Bonchev–Trinajstić information content (AvgIpc) is 2.32. The third-order valence-corrected chi connectivity index (χ3v) is 2.80. The van der Waals surface area contributed by atoms with E-state index in [4.69, 9.17) is 5.84 Å². The summed E-state index contributed by atoms with van der Waals surface area (Å²) in [6.45, 7) is 3.54. The molecule has 100 valence electrons. The first-order valence-corrected chi connectivity index (χ1v) is 5.46. The van der Waals surface area contributed by atoms with Crippen molar-refractivity contribution in [2.24, 2.45) is 0 Å². The second kappa shape index (κ2) is 4.46.